The minimum absolute atomic E-state index is 0.253. The number of aromatic nitrogens is 1. The van der Waals surface area contributed by atoms with E-state index in [1.807, 2.05) is 12.3 Å². The van der Waals surface area contributed by atoms with E-state index in [1.165, 1.54) is 5.56 Å². The molecule has 0 amide bonds. The van der Waals surface area contributed by atoms with Crippen molar-refractivity contribution >= 4 is 5.82 Å². The van der Waals surface area contributed by atoms with Gasteiger partial charge in [0.1, 0.15) is 5.82 Å². The Bertz CT molecular complexity index is 356. The molecule has 0 aliphatic carbocycles. The van der Waals surface area contributed by atoms with Crippen molar-refractivity contribution in [2.45, 2.75) is 13.3 Å². The molecule has 0 aromatic carbocycles. The normalized spacial score (nSPS) is 18.1. The summed E-state index contributed by atoms with van der Waals surface area (Å²) in [7, 11) is 0. The van der Waals surface area contributed by atoms with E-state index in [1.54, 1.807) is 0 Å². The molecule has 1 aliphatic heterocycles. The smallest absolute Gasteiger partial charge is 0.128 e. The third-order valence-corrected chi connectivity index (χ3v) is 3.23. The molecule has 0 saturated carbocycles. The Balaban J connectivity index is 1.99. The molecule has 1 fully saturated rings. The lowest BCUT2D eigenvalue weighted by Gasteiger charge is -2.22. The first-order valence-electron chi connectivity index (χ1n) is 6.30. The molecule has 0 atom stereocenters. The molecule has 4 heteroatoms. The standard InChI is InChI=1S/C13H21N3O/c1-12-3-4-14-13(11-12)16-6-2-5-15(7-8-16)9-10-17/h3-4,11,17H,2,5-10H2,1H3. The lowest BCUT2D eigenvalue weighted by molar-refractivity contribution is 0.204. The van der Waals surface area contributed by atoms with Gasteiger partial charge in [0.25, 0.3) is 0 Å². The summed E-state index contributed by atoms with van der Waals surface area (Å²) < 4.78 is 0. The van der Waals surface area contributed by atoms with Crippen molar-refractivity contribution in [3.63, 3.8) is 0 Å². The fourth-order valence-corrected chi connectivity index (χ4v) is 2.26. The second kappa shape index (κ2) is 5.98. The Morgan fingerprint density at radius 3 is 2.94 bits per heavy atom. The monoisotopic (exact) mass is 235 g/mol. The number of nitrogens with zero attached hydrogens (tertiary/aromatic N) is 3. The average Bonchev–Trinajstić information content (AvgIpc) is 2.55. The molecule has 1 aromatic rings. The zero-order valence-electron chi connectivity index (χ0n) is 10.5. The second-order valence-electron chi connectivity index (χ2n) is 4.60. The minimum atomic E-state index is 0.253. The van der Waals surface area contributed by atoms with Gasteiger partial charge >= 0.3 is 0 Å². The largest absolute Gasteiger partial charge is 0.395 e. The summed E-state index contributed by atoms with van der Waals surface area (Å²) in [5.41, 5.74) is 1.26. The number of rotatable bonds is 3. The van der Waals surface area contributed by atoms with E-state index in [9.17, 15) is 0 Å². The van der Waals surface area contributed by atoms with Crippen LogP contribution >= 0.6 is 0 Å². The Morgan fingerprint density at radius 1 is 1.29 bits per heavy atom. The summed E-state index contributed by atoms with van der Waals surface area (Å²) >= 11 is 0. The van der Waals surface area contributed by atoms with Crippen LogP contribution in [0.4, 0.5) is 5.82 Å². The topological polar surface area (TPSA) is 39.6 Å². The minimum Gasteiger partial charge on any atom is -0.395 e. The molecule has 2 heterocycles. The summed E-state index contributed by atoms with van der Waals surface area (Å²) in [6, 6.07) is 4.17. The maximum Gasteiger partial charge on any atom is 0.128 e. The van der Waals surface area contributed by atoms with Crippen LogP contribution in [0.2, 0.25) is 0 Å². The maximum atomic E-state index is 8.96. The average molecular weight is 235 g/mol. The van der Waals surface area contributed by atoms with Crippen LogP contribution in [0.5, 0.6) is 0 Å². The molecule has 1 aliphatic rings. The van der Waals surface area contributed by atoms with Crippen LogP contribution in [0.1, 0.15) is 12.0 Å². The maximum absolute atomic E-state index is 8.96. The fourth-order valence-electron chi connectivity index (χ4n) is 2.26. The first-order valence-corrected chi connectivity index (χ1v) is 6.30. The van der Waals surface area contributed by atoms with Gasteiger partial charge in [-0.25, -0.2) is 4.98 Å². The molecule has 4 nitrogen and oxygen atoms in total. The van der Waals surface area contributed by atoms with E-state index in [4.69, 9.17) is 5.11 Å². The number of hydrogen-bond acceptors (Lipinski definition) is 4. The van der Waals surface area contributed by atoms with Gasteiger partial charge in [-0.15, -0.1) is 0 Å². The SMILES string of the molecule is Cc1ccnc(N2CCCN(CCO)CC2)c1. The van der Waals surface area contributed by atoms with E-state index < -0.39 is 0 Å². The Labute approximate surface area is 103 Å². The number of aliphatic hydroxyl groups excluding tert-OH is 1. The molecule has 17 heavy (non-hydrogen) atoms. The summed E-state index contributed by atoms with van der Waals surface area (Å²) in [5, 5.41) is 8.96. The molecular formula is C13H21N3O. The molecule has 0 bridgehead atoms. The highest BCUT2D eigenvalue weighted by atomic mass is 16.3. The molecule has 0 spiro atoms. The summed E-state index contributed by atoms with van der Waals surface area (Å²) in [5.74, 6) is 1.08. The summed E-state index contributed by atoms with van der Waals surface area (Å²) in [6.45, 7) is 7.27. The molecule has 1 N–H and O–H groups in total. The van der Waals surface area contributed by atoms with Gasteiger partial charge in [0.15, 0.2) is 0 Å². The molecule has 94 valence electrons. The first kappa shape index (κ1) is 12.3. The fraction of sp³-hybridized carbons (Fsp3) is 0.615. The number of hydrogen-bond donors (Lipinski definition) is 1. The van der Waals surface area contributed by atoms with Crippen LogP contribution in [-0.4, -0.2) is 54.3 Å². The van der Waals surface area contributed by atoms with Gasteiger partial charge in [0, 0.05) is 32.4 Å². The second-order valence-corrected chi connectivity index (χ2v) is 4.60. The third-order valence-electron chi connectivity index (χ3n) is 3.23. The zero-order chi connectivity index (χ0) is 12.1. The number of aryl methyl sites for hydroxylation is 1. The van der Waals surface area contributed by atoms with Crippen molar-refractivity contribution in [3.05, 3.63) is 23.9 Å². The highest BCUT2D eigenvalue weighted by molar-refractivity contribution is 5.40. The van der Waals surface area contributed by atoms with Gasteiger partial charge in [-0.1, -0.05) is 0 Å². The summed E-state index contributed by atoms with van der Waals surface area (Å²) in [4.78, 5) is 9.09. The predicted octanol–water partition coefficient (Wildman–Crippen LogP) is 0.894. The molecule has 0 unspecified atom stereocenters. The highest BCUT2D eigenvalue weighted by Gasteiger charge is 2.15. The highest BCUT2D eigenvalue weighted by Crippen LogP contribution is 2.14. The Hall–Kier alpha value is -1.13. The van der Waals surface area contributed by atoms with Crippen molar-refractivity contribution in [3.8, 4) is 0 Å². The van der Waals surface area contributed by atoms with E-state index in [0.29, 0.717) is 0 Å². The van der Waals surface area contributed by atoms with Crippen LogP contribution in [0.15, 0.2) is 18.3 Å². The Kier molecular flexibility index (Phi) is 4.34. The van der Waals surface area contributed by atoms with E-state index >= 15 is 0 Å². The number of aliphatic hydroxyl groups is 1. The zero-order valence-corrected chi connectivity index (χ0v) is 10.5. The van der Waals surface area contributed by atoms with Gasteiger partial charge in [-0.3, -0.25) is 4.90 Å². The molecule has 1 aromatic heterocycles. The van der Waals surface area contributed by atoms with Crippen molar-refractivity contribution in [2.24, 2.45) is 0 Å². The number of β-amino-alcohol motifs (C(OH)–C–C–N with tert-alkyl or cyclic N) is 1. The van der Waals surface area contributed by atoms with E-state index in [0.717, 1.165) is 45.0 Å². The molecular weight excluding hydrogens is 214 g/mol. The van der Waals surface area contributed by atoms with E-state index in [-0.39, 0.29) is 6.61 Å². The molecule has 1 saturated heterocycles. The van der Waals surface area contributed by atoms with Gasteiger partial charge in [0.2, 0.25) is 0 Å². The first-order chi connectivity index (χ1) is 8.29. The van der Waals surface area contributed by atoms with Gasteiger partial charge < -0.3 is 10.0 Å². The Morgan fingerprint density at radius 2 is 2.18 bits per heavy atom. The van der Waals surface area contributed by atoms with E-state index in [2.05, 4.69) is 27.8 Å². The lowest BCUT2D eigenvalue weighted by atomic mass is 10.3. The van der Waals surface area contributed by atoms with Crippen LogP contribution in [0, 0.1) is 6.92 Å². The predicted molar refractivity (Wildman–Crippen MR) is 69.3 cm³/mol. The molecule has 0 radical (unpaired) electrons. The van der Waals surface area contributed by atoms with Gasteiger partial charge in [-0.2, -0.15) is 0 Å². The van der Waals surface area contributed by atoms with Crippen LogP contribution < -0.4 is 4.90 Å². The third kappa shape index (κ3) is 3.41. The van der Waals surface area contributed by atoms with Crippen LogP contribution in [0.3, 0.4) is 0 Å². The van der Waals surface area contributed by atoms with Crippen molar-refractivity contribution in [1.29, 1.82) is 0 Å². The van der Waals surface area contributed by atoms with Gasteiger partial charge in [0.05, 0.1) is 6.61 Å². The number of pyridine rings is 1. The lowest BCUT2D eigenvalue weighted by Crippen LogP contribution is -2.32. The number of anilines is 1. The van der Waals surface area contributed by atoms with Crippen LogP contribution in [-0.2, 0) is 0 Å². The van der Waals surface area contributed by atoms with Crippen molar-refractivity contribution in [1.82, 2.24) is 9.88 Å². The van der Waals surface area contributed by atoms with Crippen molar-refractivity contribution in [2.75, 3.05) is 44.2 Å². The van der Waals surface area contributed by atoms with Gasteiger partial charge in [-0.05, 0) is 37.6 Å². The molecule has 2 rings (SSSR count). The quantitative estimate of drug-likeness (QED) is 0.845. The summed E-state index contributed by atoms with van der Waals surface area (Å²) in [6.07, 6.45) is 3.01. The van der Waals surface area contributed by atoms with Crippen molar-refractivity contribution < 1.29 is 5.11 Å². The van der Waals surface area contributed by atoms with Crippen LogP contribution in [0.25, 0.3) is 0 Å².